The molecule has 1 aliphatic heterocycles. The van der Waals surface area contributed by atoms with Gasteiger partial charge in [-0.3, -0.25) is 19.2 Å². The lowest BCUT2D eigenvalue weighted by atomic mass is 9.99. The van der Waals surface area contributed by atoms with Gasteiger partial charge < -0.3 is 33.0 Å². The Kier molecular flexibility index (Phi) is 10.6. The summed E-state index contributed by atoms with van der Waals surface area (Å²) in [5, 5.41) is 0.509. The summed E-state index contributed by atoms with van der Waals surface area (Å²) >= 11 is 1.13. The molecule has 5 unspecified atom stereocenters. The molecule has 0 bridgehead atoms. The number of imidazole rings is 1. The highest BCUT2D eigenvalue weighted by Crippen LogP contribution is 2.38. The molecule has 0 amide bonds. The van der Waals surface area contributed by atoms with Crippen LogP contribution in [0.4, 0.5) is 0 Å². The van der Waals surface area contributed by atoms with Crippen molar-refractivity contribution in [1.82, 2.24) is 9.55 Å². The summed E-state index contributed by atoms with van der Waals surface area (Å²) in [6, 6.07) is 15.3. The van der Waals surface area contributed by atoms with E-state index in [1.807, 2.05) is 60.0 Å². The lowest BCUT2D eigenvalue weighted by molar-refractivity contribution is -0.237. The number of fused-ring (bicyclic) bond motifs is 1. The summed E-state index contributed by atoms with van der Waals surface area (Å²) < 4.78 is 36.0. The molecule has 12 nitrogen and oxygen atoms in total. The van der Waals surface area contributed by atoms with Crippen LogP contribution in [0.3, 0.4) is 0 Å². The van der Waals surface area contributed by atoms with Gasteiger partial charge in [-0.15, -0.1) is 0 Å². The Hall–Kier alpha value is -4.10. The Bertz CT molecular complexity index is 1470. The molecule has 2 aromatic carbocycles. The number of aryl methyl sites for hydroxylation is 1. The van der Waals surface area contributed by atoms with Gasteiger partial charge in [-0.1, -0.05) is 36.0 Å². The quantitative estimate of drug-likeness (QED) is 0.230. The van der Waals surface area contributed by atoms with Crippen LogP contribution in [0.2, 0.25) is 0 Å². The van der Waals surface area contributed by atoms with Gasteiger partial charge >= 0.3 is 23.9 Å². The van der Waals surface area contributed by atoms with Gasteiger partial charge in [0.1, 0.15) is 25.1 Å². The second kappa shape index (κ2) is 14.4. The normalized spacial score (nSPS) is 21.6. The largest absolute Gasteiger partial charge is 0.492 e. The zero-order chi connectivity index (χ0) is 31.1. The smallest absolute Gasteiger partial charge is 0.303 e. The molecular formula is C30H34N2O10S. The van der Waals surface area contributed by atoms with Gasteiger partial charge in [0, 0.05) is 27.7 Å². The molecule has 3 aromatic rings. The van der Waals surface area contributed by atoms with Gasteiger partial charge in [-0.2, -0.15) is 0 Å². The van der Waals surface area contributed by atoms with Gasteiger partial charge in [-0.05, 0) is 36.8 Å². The van der Waals surface area contributed by atoms with E-state index in [-0.39, 0.29) is 6.61 Å². The Morgan fingerprint density at radius 3 is 2.21 bits per heavy atom. The maximum atomic E-state index is 12.2. The van der Waals surface area contributed by atoms with Gasteiger partial charge in [0.15, 0.2) is 28.9 Å². The highest BCUT2D eigenvalue weighted by Gasteiger charge is 2.52. The Labute approximate surface area is 252 Å². The number of para-hydroxylation sites is 2. The maximum absolute atomic E-state index is 12.2. The first-order valence-electron chi connectivity index (χ1n) is 13.6. The molecule has 4 rings (SSSR count). The third kappa shape index (κ3) is 8.48. The topological polar surface area (TPSA) is 141 Å². The Balaban J connectivity index is 1.69. The van der Waals surface area contributed by atoms with Crippen LogP contribution in [0.5, 0.6) is 5.75 Å². The summed E-state index contributed by atoms with van der Waals surface area (Å²) in [4.78, 5) is 52.9. The molecule has 1 saturated heterocycles. The summed E-state index contributed by atoms with van der Waals surface area (Å²) in [5.41, 5.74) is 1.62. The van der Waals surface area contributed by atoms with Crippen LogP contribution in [0.25, 0.3) is 11.0 Å². The predicted octanol–water partition coefficient (Wildman–Crippen LogP) is 3.60. The van der Waals surface area contributed by atoms with Gasteiger partial charge in [0.05, 0.1) is 17.6 Å². The van der Waals surface area contributed by atoms with Crippen LogP contribution in [0, 0.1) is 6.92 Å². The fourth-order valence-corrected chi connectivity index (χ4v) is 5.93. The monoisotopic (exact) mass is 614 g/mol. The molecule has 0 N–H and O–H groups in total. The van der Waals surface area contributed by atoms with Gasteiger partial charge in [0.25, 0.3) is 0 Å². The van der Waals surface area contributed by atoms with E-state index < -0.39 is 53.7 Å². The Morgan fingerprint density at radius 1 is 0.860 bits per heavy atom. The number of nitrogens with zero attached hydrogens (tertiary/aromatic N) is 2. The summed E-state index contributed by atoms with van der Waals surface area (Å²) in [6.45, 7) is 7.21. The lowest BCUT2D eigenvalue weighted by Gasteiger charge is -2.44. The highest BCUT2D eigenvalue weighted by atomic mass is 32.2. The molecule has 1 aromatic heterocycles. The third-order valence-corrected chi connectivity index (χ3v) is 7.50. The van der Waals surface area contributed by atoms with Crippen molar-refractivity contribution < 1.29 is 47.6 Å². The number of aromatic nitrogens is 2. The number of esters is 4. The second-order valence-corrected chi connectivity index (χ2v) is 11.0. The van der Waals surface area contributed by atoms with Crippen molar-refractivity contribution in [3.05, 3.63) is 54.1 Å². The van der Waals surface area contributed by atoms with E-state index in [0.29, 0.717) is 23.8 Å². The second-order valence-electron chi connectivity index (χ2n) is 9.89. The average Bonchev–Trinajstić information content (AvgIpc) is 3.27. The van der Waals surface area contributed by atoms with Crippen LogP contribution in [-0.2, 0) is 49.4 Å². The zero-order valence-corrected chi connectivity index (χ0v) is 25.3. The van der Waals surface area contributed by atoms with E-state index in [1.54, 1.807) is 0 Å². The number of thioether (sulfide) groups is 1. The minimum Gasteiger partial charge on any atom is -0.492 e. The molecule has 230 valence electrons. The van der Waals surface area contributed by atoms with Crippen molar-refractivity contribution >= 4 is 46.7 Å². The summed E-state index contributed by atoms with van der Waals surface area (Å²) in [6.07, 6.45) is -4.76. The van der Waals surface area contributed by atoms with Gasteiger partial charge in [0.2, 0.25) is 0 Å². The average molecular weight is 615 g/mol. The van der Waals surface area contributed by atoms with E-state index in [0.717, 1.165) is 28.6 Å². The first-order valence-corrected chi connectivity index (χ1v) is 14.5. The number of hydrogen-bond donors (Lipinski definition) is 0. The minimum absolute atomic E-state index is 0.310. The van der Waals surface area contributed by atoms with Crippen molar-refractivity contribution in [2.24, 2.45) is 0 Å². The van der Waals surface area contributed by atoms with Crippen LogP contribution in [0.1, 0.15) is 33.3 Å². The molecule has 0 radical (unpaired) electrons. The van der Waals surface area contributed by atoms with Crippen molar-refractivity contribution in [2.45, 2.75) is 76.2 Å². The van der Waals surface area contributed by atoms with Crippen LogP contribution < -0.4 is 4.74 Å². The number of carbonyl (C=O) groups excluding carboxylic acids is 4. The third-order valence-electron chi connectivity index (χ3n) is 6.36. The molecule has 0 aliphatic carbocycles. The van der Waals surface area contributed by atoms with Crippen molar-refractivity contribution in [3.8, 4) is 5.75 Å². The fourth-order valence-electron chi connectivity index (χ4n) is 4.71. The first kappa shape index (κ1) is 31.8. The van der Waals surface area contributed by atoms with Crippen molar-refractivity contribution in [1.29, 1.82) is 0 Å². The zero-order valence-electron chi connectivity index (χ0n) is 24.5. The molecule has 0 saturated carbocycles. The summed E-state index contributed by atoms with van der Waals surface area (Å²) in [7, 11) is 0. The van der Waals surface area contributed by atoms with E-state index in [9.17, 15) is 19.2 Å². The standard InChI is InChI=1S/C30H34N2O10S/c1-17-9-8-10-22(15-17)37-14-13-32-24-12-7-6-11-23(24)31-30(32)43-29-28(41-21(5)36)27(40-20(4)35)26(39-19(3)34)25(42-29)16-38-18(2)33/h6-12,15,25-29H,13-14,16H2,1-5H3. The molecule has 2 heterocycles. The number of carbonyl (C=O) groups is 4. The number of hydrogen-bond acceptors (Lipinski definition) is 12. The molecule has 5 atom stereocenters. The molecule has 1 fully saturated rings. The minimum atomic E-state index is -1.26. The van der Waals surface area contributed by atoms with E-state index in [4.69, 9.17) is 33.4 Å². The number of ether oxygens (including phenoxy) is 6. The summed E-state index contributed by atoms with van der Waals surface area (Å²) in [5.74, 6) is -1.91. The van der Waals surface area contributed by atoms with E-state index >= 15 is 0 Å². The van der Waals surface area contributed by atoms with Crippen molar-refractivity contribution in [2.75, 3.05) is 13.2 Å². The molecule has 1 aliphatic rings. The van der Waals surface area contributed by atoms with E-state index in [1.165, 1.54) is 27.7 Å². The number of rotatable bonds is 11. The van der Waals surface area contributed by atoms with Crippen LogP contribution in [0.15, 0.2) is 53.7 Å². The lowest BCUT2D eigenvalue weighted by Crippen LogP contribution is -2.61. The first-order chi connectivity index (χ1) is 20.5. The number of benzene rings is 2. The van der Waals surface area contributed by atoms with E-state index in [2.05, 4.69) is 0 Å². The molecule has 43 heavy (non-hydrogen) atoms. The predicted molar refractivity (Wildman–Crippen MR) is 154 cm³/mol. The highest BCUT2D eigenvalue weighted by molar-refractivity contribution is 7.99. The molecular weight excluding hydrogens is 580 g/mol. The van der Waals surface area contributed by atoms with Crippen LogP contribution >= 0.6 is 11.8 Å². The maximum Gasteiger partial charge on any atom is 0.303 e. The van der Waals surface area contributed by atoms with Crippen molar-refractivity contribution in [3.63, 3.8) is 0 Å². The SMILES string of the molecule is CC(=O)OCC1OC(Sc2nc3ccccc3n2CCOc2cccc(C)c2)C(OC(C)=O)C(OC(C)=O)C1OC(C)=O. The molecule has 13 heteroatoms. The Morgan fingerprint density at radius 2 is 1.53 bits per heavy atom. The molecule has 0 spiro atoms. The van der Waals surface area contributed by atoms with Gasteiger partial charge in [-0.25, -0.2) is 4.98 Å². The fraction of sp³-hybridized carbons (Fsp3) is 0.433. The van der Waals surface area contributed by atoms with Crippen LogP contribution in [-0.4, -0.2) is 76.5 Å².